The van der Waals surface area contributed by atoms with Crippen LogP contribution in [-0.2, 0) is 14.3 Å². The molecule has 0 saturated carbocycles. The van der Waals surface area contributed by atoms with Gasteiger partial charge in [0.1, 0.15) is 5.54 Å². The number of hydrogen-bond donors (Lipinski definition) is 1. The summed E-state index contributed by atoms with van der Waals surface area (Å²) in [6.45, 7) is 10.6. The van der Waals surface area contributed by atoms with Crippen molar-refractivity contribution in [1.82, 2.24) is 10.2 Å². The molecule has 0 radical (unpaired) electrons. The van der Waals surface area contributed by atoms with Gasteiger partial charge in [-0.25, -0.2) is 0 Å². The largest absolute Gasteiger partial charge is 0.468 e. The van der Waals surface area contributed by atoms with Gasteiger partial charge in [0.15, 0.2) is 0 Å². The van der Waals surface area contributed by atoms with E-state index in [2.05, 4.69) is 24.1 Å². The van der Waals surface area contributed by atoms with Crippen LogP contribution in [0.5, 0.6) is 0 Å². The number of likely N-dealkylation sites (N-methyl/N-ethyl adjacent to an activating group) is 1. The van der Waals surface area contributed by atoms with Crippen LogP contribution in [0, 0.1) is 0 Å². The maximum atomic E-state index is 11.9. The highest BCUT2D eigenvalue weighted by molar-refractivity contribution is 5.80. The van der Waals surface area contributed by atoms with Gasteiger partial charge in [-0.05, 0) is 45.8 Å². The third-order valence-corrected chi connectivity index (χ3v) is 3.61. The molecule has 0 aromatic rings. The zero-order chi connectivity index (χ0) is 15.4. The van der Waals surface area contributed by atoms with Crippen LogP contribution < -0.4 is 5.32 Å². The zero-order valence-electron chi connectivity index (χ0n) is 13.8. The van der Waals surface area contributed by atoms with E-state index in [-0.39, 0.29) is 5.97 Å². The van der Waals surface area contributed by atoms with E-state index >= 15 is 0 Å². The summed E-state index contributed by atoms with van der Waals surface area (Å²) in [5.74, 6) is -0.175. The molecule has 0 aliphatic rings. The van der Waals surface area contributed by atoms with Crippen molar-refractivity contribution >= 4 is 5.97 Å². The average Bonchev–Trinajstić information content (AvgIpc) is 2.47. The summed E-state index contributed by atoms with van der Waals surface area (Å²) in [6, 6.07) is 0. The predicted molar refractivity (Wildman–Crippen MR) is 81.9 cm³/mol. The van der Waals surface area contributed by atoms with E-state index in [9.17, 15) is 4.79 Å². The van der Waals surface area contributed by atoms with E-state index < -0.39 is 5.54 Å². The Balaban J connectivity index is 4.27. The van der Waals surface area contributed by atoms with Gasteiger partial charge in [0.05, 0.1) is 13.7 Å². The van der Waals surface area contributed by atoms with E-state index in [0.29, 0.717) is 0 Å². The van der Waals surface area contributed by atoms with Crippen molar-refractivity contribution in [2.75, 3.05) is 47.0 Å². The lowest BCUT2D eigenvalue weighted by Gasteiger charge is -2.29. The molecule has 0 saturated heterocycles. The fourth-order valence-electron chi connectivity index (χ4n) is 2.19. The number of hydrogen-bond acceptors (Lipinski definition) is 5. The monoisotopic (exact) mass is 288 g/mol. The SMILES string of the molecule is CCCNC(C)(CCCN(CC)CCOC)C(=O)OC. The number of nitrogens with zero attached hydrogens (tertiary/aromatic N) is 1. The van der Waals surface area contributed by atoms with Crippen molar-refractivity contribution in [1.29, 1.82) is 0 Å². The Kier molecular flexibility index (Phi) is 10.7. The molecule has 0 aromatic carbocycles. The van der Waals surface area contributed by atoms with E-state index in [4.69, 9.17) is 9.47 Å². The highest BCUT2D eigenvalue weighted by Gasteiger charge is 2.32. The number of carbonyl (C=O) groups excluding carboxylic acids is 1. The average molecular weight is 288 g/mol. The zero-order valence-corrected chi connectivity index (χ0v) is 13.8. The molecule has 5 nitrogen and oxygen atoms in total. The summed E-state index contributed by atoms with van der Waals surface area (Å²) < 4.78 is 10.0. The molecule has 5 heteroatoms. The van der Waals surface area contributed by atoms with E-state index in [1.165, 1.54) is 7.11 Å². The van der Waals surface area contributed by atoms with Crippen molar-refractivity contribution < 1.29 is 14.3 Å². The van der Waals surface area contributed by atoms with Crippen molar-refractivity contribution in [3.05, 3.63) is 0 Å². The summed E-state index contributed by atoms with van der Waals surface area (Å²) in [5.41, 5.74) is -0.578. The Labute approximate surface area is 124 Å². The van der Waals surface area contributed by atoms with Crippen molar-refractivity contribution in [3.8, 4) is 0 Å². The number of carbonyl (C=O) groups is 1. The van der Waals surface area contributed by atoms with Gasteiger partial charge >= 0.3 is 5.97 Å². The van der Waals surface area contributed by atoms with Crippen LogP contribution in [0.2, 0.25) is 0 Å². The van der Waals surface area contributed by atoms with E-state index in [0.717, 1.165) is 52.0 Å². The number of nitrogens with one attached hydrogen (secondary N) is 1. The maximum Gasteiger partial charge on any atom is 0.325 e. The fourth-order valence-corrected chi connectivity index (χ4v) is 2.19. The van der Waals surface area contributed by atoms with Gasteiger partial charge in [-0.15, -0.1) is 0 Å². The molecule has 0 aliphatic heterocycles. The third-order valence-electron chi connectivity index (χ3n) is 3.61. The minimum atomic E-state index is -0.578. The highest BCUT2D eigenvalue weighted by Crippen LogP contribution is 2.15. The number of methoxy groups -OCH3 is 2. The van der Waals surface area contributed by atoms with Crippen molar-refractivity contribution in [3.63, 3.8) is 0 Å². The molecule has 0 fully saturated rings. The molecule has 0 spiro atoms. The minimum absolute atomic E-state index is 0.175. The lowest BCUT2D eigenvalue weighted by Crippen LogP contribution is -2.50. The molecule has 0 heterocycles. The quantitative estimate of drug-likeness (QED) is 0.554. The van der Waals surface area contributed by atoms with Crippen LogP contribution in [0.1, 0.15) is 40.0 Å². The molecule has 20 heavy (non-hydrogen) atoms. The van der Waals surface area contributed by atoms with E-state index in [1.807, 2.05) is 6.92 Å². The molecule has 0 amide bonds. The number of rotatable bonds is 12. The second-order valence-electron chi connectivity index (χ2n) is 5.28. The topological polar surface area (TPSA) is 50.8 Å². The van der Waals surface area contributed by atoms with Gasteiger partial charge in [0.2, 0.25) is 0 Å². The van der Waals surface area contributed by atoms with E-state index in [1.54, 1.807) is 7.11 Å². The summed E-state index contributed by atoms with van der Waals surface area (Å²) >= 11 is 0. The number of ether oxygens (including phenoxy) is 2. The molecule has 0 aliphatic carbocycles. The molecule has 1 unspecified atom stereocenters. The summed E-state index contributed by atoms with van der Waals surface area (Å²) in [4.78, 5) is 14.3. The molecular weight excluding hydrogens is 256 g/mol. The lowest BCUT2D eigenvalue weighted by atomic mass is 9.95. The highest BCUT2D eigenvalue weighted by atomic mass is 16.5. The van der Waals surface area contributed by atoms with Crippen molar-refractivity contribution in [2.45, 2.75) is 45.6 Å². The molecule has 0 bridgehead atoms. The Morgan fingerprint density at radius 2 is 1.95 bits per heavy atom. The summed E-state index contributed by atoms with van der Waals surface area (Å²) in [5, 5.41) is 3.31. The summed E-state index contributed by atoms with van der Waals surface area (Å²) in [7, 11) is 3.17. The molecule has 120 valence electrons. The van der Waals surface area contributed by atoms with Gasteiger partial charge in [-0.2, -0.15) is 0 Å². The fraction of sp³-hybridized carbons (Fsp3) is 0.933. The molecule has 1 N–H and O–H groups in total. The minimum Gasteiger partial charge on any atom is -0.468 e. The lowest BCUT2D eigenvalue weighted by molar-refractivity contribution is -0.148. The van der Waals surface area contributed by atoms with Gasteiger partial charge in [-0.1, -0.05) is 13.8 Å². The standard InChI is InChI=1S/C15H32N2O3/c1-6-10-16-15(3,14(18)20-5)9-8-11-17(7-2)12-13-19-4/h16H,6-13H2,1-5H3. The van der Waals surface area contributed by atoms with Crippen LogP contribution in [0.25, 0.3) is 0 Å². The second kappa shape index (κ2) is 11.1. The number of esters is 1. The van der Waals surface area contributed by atoms with Crippen LogP contribution >= 0.6 is 0 Å². The van der Waals surface area contributed by atoms with Gasteiger partial charge in [0, 0.05) is 13.7 Å². The first-order chi connectivity index (χ1) is 9.53. The Morgan fingerprint density at radius 3 is 2.45 bits per heavy atom. The van der Waals surface area contributed by atoms with Crippen LogP contribution in [0.4, 0.5) is 0 Å². The third kappa shape index (κ3) is 7.22. The van der Waals surface area contributed by atoms with Gasteiger partial charge in [-0.3, -0.25) is 4.79 Å². The Morgan fingerprint density at radius 1 is 1.25 bits per heavy atom. The second-order valence-corrected chi connectivity index (χ2v) is 5.28. The molecule has 1 atom stereocenters. The normalized spacial score (nSPS) is 14.3. The first kappa shape index (κ1) is 19.4. The van der Waals surface area contributed by atoms with Gasteiger partial charge in [0.25, 0.3) is 0 Å². The predicted octanol–water partition coefficient (Wildman–Crippen LogP) is 1.67. The molecule has 0 aromatic heterocycles. The first-order valence-electron chi connectivity index (χ1n) is 7.58. The molecule has 0 rings (SSSR count). The van der Waals surface area contributed by atoms with Gasteiger partial charge < -0.3 is 19.7 Å². The smallest absolute Gasteiger partial charge is 0.325 e. The van der Waals surface area contributed by atoms with Crippen LogP contribution in [-0.4, -0.2) is 63.4 Å². The van der Waals surface area contributed by atoms with Crippen LogP contribution in [0.15, 0.2) is 0 Å². The Bertz CT molecular complexity index is 262. The Hall–Kier alpha value is -0.650. The first-order valence-corrected chi connectivity index (χ1v) is 7.58. The van der Waals surface area contributed by atoms with Crippen molar-refractivity contribution in [2.24, 2.45) is 0 Å². The maximum absolute atomic E-state index is 11.9. The van der Waals surface area contributed by atoms with Crippen LogP contribution in [0.3, 0.4) is 0 Å². The molecular formula is C15H32N2O3. The summed E-state index contributed by atoms with van der Waals surface area (Å²) in [6.07, 6.45) is 2.74.